The van der Waals surface area contributed by atoms with E-state index in [-0.39, 0.29) is 18.0 Å². The number of hydroxylamine groups is 2. The average molecular weight is 488 g/mol. The Kier molecular flexibility index (Phi) is 6.29. The van der Waals surface area contributed by atoms with Crippen LogP contribution in [0.4, 0.5) is 4.79 Å². The van der Waals surface area contributed by atoms with Gasteiger partial charge >= 0.3 is 6.09 Å². The molecule has 2 saturated heterocycles. The van der Waals surface area contributed by atoms with Crippen LogP contribution in [-0.2, 0) is 7.05 Å². The predicted molar refractivity (Wildman–Crippen MR) is 133 cm³/mol. The Labute approximate surface area is 209 Å². The second-order valence-electron chi connectivity index (χ2n) is 9.62. The Morgan fingerprint density at radius 1 is 1.14 bits per heavy atom. The van der Waals surface area contributed by atoms with Crippen molar-refractivity contribution in [3.8, 4) is 11.8 Å². The summed E-state index contributed by atoms with van der Waals surface area (Å²) in [4.78, 5) is 35.3. The maximum Gasteiger partial charge on any atom is 0.441 e. The standard InChI is InChI=1S/C27H29N5O4/c1-18(32(27(34)35)36-23-11-7-19(14-28)8-12-23)15-31-21-9-10-22(31)17-30(16-21)26(33)25-13-20-5-3-4-6-24(20)29(25)2/h3-8,11-13,18,21-22H,9-10,15-17H2,1-2H3,(H,34,35). The van der Waals surface area contributed by atoms with Crippen molar-refractivity contribution in [2.24, 2.45) is 7.05 Å². The van der Waals surface area contributed by atoms with E-state index in [1.165, 1.54) is 0 Å². The van der Waals surface area contributed by atoms with E-state index in [1.54, 1.807) is 24.3 Å². The highest BCUT2D eigenvalue weighted by molar-refractivity contribution is 5.98. The molecule has 1 N–H and O–H groups in total. The highest BCUT2D eigenvalue weighted by Crippen LogP contribution is 2.32. The molecule has 3 aromatic rings. The lowest BCUT2D eigenvalue weighted by Gasteiger charge is -2.42. The average Bonchev–Trinajstić information content (AvgIpc) is 3.32. The van der Waals surface area contributed by atoms with E-state index >= 15 is 0 Å². The van der Waals surface area contributed by atoms with Gasteiger partial charge in [0.15, 0.2) is 5.75 Å². The molecule has 3 unspecified atom stereocenters. The van der Waals surface area contributed by atoms with Crippen molar-refractivity contribution in [3.05, 3.63) is 65.9 Å². The summed E-state index contributed by atoms with van der Waals surface area (Å²) in [5.41, 5.74) is 2.20. The normalized spacial score (nSPS) is 20.2. The first-order valence-corrected chi connectivity index (χ1v) is 12.2. The van der Waals surface area contributed by atoms with Crippen molar-refractivity contribution < 1.29 is 19.5 Å². The number of rotatable bonds is 6. The quantitative estimate of drug-likeness (QED) is 0.532. The number of nitriles is 1. The molecule has 36 heavy (non-hydrogen) atoms. The van der Waals surface area contributed by atoms with Crippen molar-refractivity contribution in [2.45, 2.75) is 37.9 Å². The number of amides is 2. The first-order valence-electron chi connectivity index (χ1n) is 12.2. The summed E-state index contributed by atoms with van der Waals surface area (Å²) in [7, 11) is 1.93. The molecule has 2 fully saturated rings. The van der Waals surface area contributed by atoms with Crippen LogP contribution in [0.3, 0.4) is 0 Å². The van der Waals surface area contributed by atoms with E-state index in [0.717, 1.165) is 28.8 Å². The van der Waals surface area contributed by atoms with Gasteiger partial charge in [-0.2, -0.15) is 5.26 Å². The van der Waals surface area contributed by atoms with Crippen molar-refractivity contribution in [2.75, 3.05) is 19.6 Å². The molecule has 9 nitrogen and oxygen atoms in total. The predicted octanol–water partition coefficient (Wildman–Crippen LogP) is 3.70. The summed E-state index contributed by atoms with van der Waals surface area (Å²) in [5.74, 6) is 0.395. The van der Waals surface area contributed by atoms with Crippen LogP contribution in [0.1, 0.15) is 35.8 Å². The number of likely N-dealkylation sites (tertiary alicyclic amines) is 1. The van der Waals surface area contributed by atoms with Crippen molar-refractivity contribution in [1.82, 2.24) is 19.4 Å². The van der Waals surface area contributed by atoms with E-state index in [4.69, 9.17) is 10.1 Å². The maximum absolute atomic E-state index is 13.4. The Morgan fingerprint density at radius 2 is 1.81 bits per heavy atom. The van der Waals surface area contributed by atoms with E-state index in [0.29, 0.717) is 36.6 Å². The van der Waals surface area contributed by atoms with Gasteiger partial charge in [0, 0.05) is 49.7 Å². The summed E-state index contributed by atoms with van der Waals surface area (Å²) < 4.78 is 1.96. The van der Waals surface area contributed by atoms with Gasteiger partial charge in [-0.25, -0.2) is 4.79 Å². The van der Waals surface area contributed by atoms with Gasteiger partial charge in [0.2, 0.25) is 0 Å². The van der Waals surface area contributed by atoms with E-state index in [2.05, 4.69) is 4.90 Å². The lowest BCUT2D eigenvalue weighted by Crippen LogP contribution is -2.58. The van der Waals surface area contributed by atoms with Crippen molar-refractivity contribution in [1.29, 1.82) is 5.26 Å². The highest BCUT2D eigenvalue weighted by Gasteiger charge is 2.43. The number of aromatic nitrogens is 1. The fraction of sp³-hybridized carbons (Fsp3) is 0.370. The molecule has 2 aliphatic rings. The van der Waals surface area contributed by atoms with E-state index in [9.17, 15) is 14.7 Å². The first kappa shape index (κ1) is 23.7. The molecule has 2 aliphatic heterocycles. The molecule has 5 rings (SSSR count). The molecule has 3 heterocycles. The van der Waals surface area contributed by atoms with Gasteiger partial charge in [0.1, 0.15) is 5.69 Å². The number of para-hydroxylation sites is 1. The topological polar surface area (TPSA) is 102 Å². The second kappa shape index (κ2) is 9.55. The van der Waals surface area contributed by atoms with Crippen LogP contribution < -0.4 is 4.84 Å². The molecule has 0 saturated carbocycles. The molecular weight excluding hydrogens is 458 g/mol. The minimum atomic E-state index is -1.18. The van der Waals surface area contributed by atoms with Gasteiger partial charge in [-0.1, -0.05) is 18.2 Å². The van der Waals surface area contributed by atoms with Gasteiger partial charge < -0.3 is 19.4 Å². The third-order valence-electron chi connectivity index (χ3n) is 7.34. The van der Waals surface area contributed by atoms with Crippen LogP contribution in [0, 0.1) is 11.3 Å². The lowest BCUT2D eigenvalue weighted by molar-refractivity contribution is -0.0772. The SMILES string of the molecule is CC(CN1C2CCC1CN(C(=O)c1cc3ccccc3n1C)C2)N(Oc1ccc(C#N)cc1)C(=O)O. The summed E-state index contributed by atoms with van der Waals surface area (Å²) in [6.45, 7) is 3.57. The number of fused-ring (bicyclic) bond motifs is 3. The Balaban J connectivity index is 1.26. The largest absolute Gasteiger partial charge is 0.463 e. The van der Waals surface area contributed by atoms with Gasteiger partial charge in [-0.3, -0.25) is 9.69 Å². The summed E-state index contributed by atoms with van der Waals surface area (Å²) in [6, 6.07) is 18.2. The number of hydrogen-bond donors (Lipinski definition) is 1. The molecule has 2 aromatic carbocycles. The molecule has 2 amide bonds. The zero-order valence-electron chi connectivity index (χ0n) is 20.4. The number of benzene rings is 2. The summed E-state index contributed by atoms with van der Waals surface area (Å²) in [5, 5.41) is 20.8. The number of hydrogen-bond acceptors (Lipinski definition) is 5. The minimum Gasteiger partial charge on any atom is -0.463 e. The third-order valence-corrected chi connectivity index (χ3v) is 7.34. The fourth-order valence-electron chi connectivity index (χ4n) is 5.51. The zero-order valence-corrected chi connectivity index (χ0v) is 20.4. The monoisotopic (exact) mass is 487 g/mol. The Morgan fingerprint density at radius 3 is 2.42 bits per heavy atom. The fourth-order valence-corrected chi connectivity index (χ4v) is 5.51. The smallest absolute Gasteiger partial charge is 0.441 e. The van der Waals surface area contributed by atoms with Gasteiger partial charge in [0.25, 0.3) is 5.91 Å². The summed E-state index contributed by atoms with van der Waals surface area (Å²) >= 11 is 0. The van der Waals surface area contributed by atoms with Crippen LogP contribution >= 0.6 is 0 Å². The molecule has 2 bridgehead atoms. The number of carbonyl (C=O) groups excluding carboxylic acids is 1. The van der Waals surface area contributed by atoms with Gasteiger partial charge in [-0.15, -0.1) is 5.06 Å². The molecule has 0 radical (unpaired) electrons. The van der Waals surface area contributed by atoms with Crippen molar-refractivity contribution >= 4 is 22.9 Å². The van der Waals surface area contributed by atoms with Crippen LogP contribution in [0.2, 0.25) is 0 Å². The number of carbonyl (C=O) groups is 2. The third kappa shape index (κ3) is 4.36. The van der Waals surface area contributed by atoms with E-state index in [1.807, 2.05) is 59.8 Å². The zero-order chi connectivity index (χ0) is 25.4. The molecule has 0 spiro atoms. The number of piperazine rings is 1. The van der Waals surface area contributed by atoms with Crippen LogP contribution in [0.25, 0.3) is 10.9 Å². The van der Waals surface area contributed by atoms with Crippen molar-refractivity contribution in [3.63, 3.8) is 0 Å². The second-order valence-corrected chi connectivity index (χ2v) is 9.62. The molecular formula is C27H29N5O4. The minimum absolute atomic E-state index is 0.0367. The number of aryl methyl sites for hydroxylation is 1. The molecule has 0 aliphatic carbocycles. The number of carboxylic acid groups (broad SMARTS) is 1. The van der Waals surface area contributed by atoms with Crippen LogP contribution in [-0.4, -0.2) is 74.3 Å². The van der Waals surface area contributed by atoms with Crippen LogP contribution in [0.5, 0.6) is 5.75 Å². The van der Waals surface area contributed by atoms with Gasteiger partial charge in [0.05, 0.1) is 17.7 Å². The molecule has 186 valence electrons. The number of nitrogens with zero attached hydrogens (tertiary/aromatic N) is 5. The van der Waals surface area contributed by atoms with Crippen LogP contribution in [0.15, 0.2) is 54.6 Å². The Bertz CT molecular complexity index is 1310. The summed E-state index contributed by atoms with van der Waals surface area (Å²) in [6.07, 6.45) is 0.767. The molecule has 1 aromatic heterocycles. The Hall–Kier alpha value is -4.03. The molecule has 9 heteroatoms. The molecule has 3 atom stereocenters. The first-order chi connectivity index (χ1) is 17.4. The lowest BCUT2D eigenvalue weighted by atomic mass is 10.1. The van der Waals surface area contributed by atoms with Gasteiger partial charge in [-0.05, 0) is 56.2 Å². The van der Waals surface area contributed by atoms with E-state index < -0.39 is 12.1 Å². The maximum atomic E-state index is 13.4. The highest BCUT2D eigenvalue weighted by atomic mass is 16.7.